The standard InChI is InChI=1S/C16H22N2O3/c1-12(2)6-15-7-13(18-21-15)8-16(10-19-11-16)17-9-14-4-3-5-20-14/h3-5,7,12,17H,6,8-11H2,1-2H3. The normalized spacial score (nSPS) is 17.1. The van der Waals surface area contributed by atoms with Crippen LogP contribution in [0.5, 0.6) is 0 Å². The lowest BCUT2D eigenvalue weighted by atomic mass is 9.91. The largest absolute Gasteiger partial charge is 0.468 e. The van der Waals surface area contributed by atoms with Crippen LogP contribution in [0.15, 0.2) is 33.4 Å². The Morgan fingerprint density at radius 3 is 2.81 bits per heavy atom. The summed E-state index contributed by atoms with van der Waals surface area (Å²) in [5, 5.41) is 7.72. The molecule has 21 heavy (non-hydrogen) atoms. The van der Waals surface area contributed by atoms with Crippen LogP contribution < -0.4 is 5.32 Å². The summed E-state index contributed by atoms with van der Waals surface area (Å²) in [4.78, 5) is 0. The van der Waals surface area contributed by atoms with E-state index in [1.165, 1.54) is 0 Å². The molecule has 2 aromatic heterocycles. The van der Waals surface area contributed by atoms with Crippen molar-refractivity contribution in [3.8, 4) is 0 Å². The number of hydrogen-bond acceptors (Lipinski definition) is 5. The van der Waals surface area contributed by atoms with E-state index in [4.69, 9.17) is 13.7 Å². The zero-order chi connectivity index (χ0) is 14.7. The van der Waals surface area contributed by atoms with Crippen molar-refractivity contribution in [1.82, 2.24) is 10.5 Å². The summed E-state index contributed by atoms with van der Waals surface area (Å²) in [7, 11) is 0. The van der Waals surface area contributed by atoms with Gasteiger partial charge in [-0.3, -0.25) is 5.32 Å². The van der Waals surface area contributed by atoms with E-state index in [1.54, 1.807) is 6.26 Å². The van der Waals surface area contributed by atoms with Crippen LogP contribution in [0.4, 0.5) is 0 Å². The number of nitrogens with one attached hydrogen (secondary N) is 1. The lowest BCUT2D eigenvalue weighted by Crippen LogP contribution is -2.61. The van der Waals surface area contributed by atoms with Crippen LogP contribution in [0.3, 0.4) is 0 Å². The van der Waals surface area contributed by atoms with Crippen LogP contribution in [0.25, 0.3) is 0 Å². The van der Waals surface area contributed by atoms with Gasteiger partial charge in [0.1, 0.15) is 11.5 Å². The second-order valence-corrected chi connectivity index (χ2v) is 6.27. The van der Waals surface area contributed by atoms with Gasteiger partial charge in [0.25, 0.3) is 0 Å². The van der Waals surface area contributed by atoms with Crippen LogP contribution in [-0.4, -0.2) is 23.9 Å². The van der Waals surface area contributed by atoms with Gasteiger partial charge in [-0.2, -0.15) is 0 Å². The number of rotatable bonds is 7. The minimum atomic E-state index is -0.0568. The molecule has 0 amide bonds. The molecule has 0 radical (unpaired) electrons. The first-order chi connectivity index (χ1) is 10.2. The Labute approximate surface area is 124 Å². The molecule has 1 aliphatic rings. The van der Waals surface area contributed by atoms with E-state index in [9.17, 15) is 0 Å². The minimum Gasteiger partial charge on any atom is -0.468 e. The Kier molecular flexibility index (Phi) is 4.12. The fraction of sp³-hybridized carbons (Fsp3) is 0.562. The van der Waals surface area contributed by atoms with E-state index in [0.29, 0.717) is 25.7 Å². The molecule has 0 bridgehead atoms. The topological polar surface area (TPSA) is 60.4 Å². The third-order valence-corrected chi connectivity index (χ3v) is 3.71. The second kappa shape index (κ2) is 6.03. The monoisotopic (exact) mass is 290 g/mol. The molecule has 1 aliphatic heterocycles. The van der Waals surface area contributed by atoms with Crippen LogP contribution in [-0.2, 0) is 24.1 Å². The van der Waals surface area contributed by atoms with Crippen molar-refractivity contribution >= 4 is 0 Å². The van der Waals surface area contributed by atoms with E-state index in [2.05, 4.69) is 30.4 Å². The van der Waals surface area contributed by atoms with Crippen molar-refractivity contribution in [3.05, 3.63) is 41.7 Å². The molecule has 1 saturated heterocycles. The lowest BCUT2D eigenvalue weighted by Gasteiger charge is -2.41. The molecule has 0 spiro atoms. The van der Waals surface area contributed by atoms with Crippen molar-refractivity contribution < 1.29 is 13.7 Å². The lowest BCUT2D eigenvalue weighted by molar-refractivity contribution is -0.0761. The molecule has 3 heterocycles. The highest BCUT2D eigenvalue weighted by molar-refractivity contribution is 5.13. The number of aromatic nitrogens is 1. The SMILES string of the molecule is CC(C)Cc1cc(CC2(NCc3ccco3)COC2)no1. The zero-order valence-corrected chi connectivity index (χ0v) is 12.6. The molecule has 5 nitrogen and oxygen atoms in total. The maximum absolute atomic E-state index is 5.40. The highest BCUT2D eigenvalue weighted by Crippen LogP contribution is 2.23. The quantitative estimate of drug-likeness (QED) is 0.849. The molecular formula is C16H22N2O3. The van der Waals surface area contributed by atoms with Gasteiger partial charge in [-0.15, -0.1) is 0 Å². The first kappa shape index (κ1) is 14.4. The second-order valence-electron chi connectivity index (χ2n) is 6.27. The summed E-state index contributed by atoms with van der Waals surface area (Å²) >= 11 is 0. The van der Waals surface area contributed by atoms with Gasteiger partial charge in [0, 0.05) is 18.9 Å². The van der Waals surface area contributed by atoms with Gasteiger partial charge in [-0.05, 0) is 18.1 Å². The Morgan fingerprint density at radius 2 is 2.19 bits per heavy atom. The van der Waals surface area contributed by atoms with Crippen LogP contribution in [0.2, 0.25) is 0 Å². The van der Waals surface area contributed by atoms with E-state index >= 15 is 0 Å². The molecule has 114 valence electrons. The molecule has 0 saturated carbocycles. The predicted octanol–water partition coefficient (Wildman–Crippen LogP) is 2.57. The fourth-order valence-electron chi connectivity index (χ4n) is 2.59. The molecule has 5 heteroatoms. The number of hydrogen-bond donors (Lipinski definition) is 1. The Morgan fingerprint density at radius 1 is 1.33 bits per heavy atom. The van der Waals surface area contributed by atoms with Crippen LogP contribution in [0.1, 0.15) is 31.1 Å². The van der Waals surface area contributed by atoms with Gasteiger partial charge in [-0.25, -0.2) is 0 Å². The zero-order valence-electron chi connectivity index (χ0n) is 12.6. The Balaban J connectivity index is 1.59. The summed E-state index contributed by atoms with van der Waals surface area (Å²) in [5.74, 6) is 2.47. The summed E-state index contributed by atoms with van der Waals surface area (Å²) < 4.78 is 16.2. The first-order valence-electron chi connectivity index (χ1n) is 7.45. The van der Waals surface area contributed by atoms with E-state index in [1.807, 2.05) is 12.1 Å². The molecule has 0 aliphatic carbocycles. The highest BCUT2D eigenvalue weighted by atomic mass is 16.5. The van der Waals surface area contributed by atoms with E-state index in [0.717, 1.165) is 30.1 Å². The molecule has 0 atom stereocenters. The van der Waals surface area contributed by atoms with Crippen molar-refractivity contribution in [2.75, 3.05) is 13.2 Å². The number of nitrogens with zero attached hydrogens (tertiary/aromatic N) is 1. The molecular weight excluding hydrogens is 268 g/mol. The minimum absolute atomic E-state index is 0.0568. The molecule has 3 rings (SSSR count). The van der Waals surface area contributed by atoms with Gasteiger partial charge in [0.15, 0.2) is 0 Å². The maximum Gasteiger partial charge on any atom is 0.137 e. The van der Waals surface area contributed by atoms with Crippen LogP contribution >= 0.6 is 0 Å². The summed E-state index contributed by atoms with van der Waals surface area (Å²) in [6, 6.07) is 5.93. The van der Waals surface area contributed by atoms with Crippen molar-refractivity contribution in [3.63, 3.8) is 0 Å². The molecule has 0 aromatic carbocycles. The first-order valence-corrected chi connectivity index (χ1v) is 7.45. The molecule has 1 fully saturated rings. The van der Waals surface area contributed by atoms with E-state index in [-0.39, 0.29) is 5.54 Å². The van der Waals surface area contributed by atoms with Crippen LogP contribution in [0, 0.1) is 5.92 Å². The van der Waals surface area contributed by atoms with Crippen molar-refractivity contribution in [2.45, 2.75) is 38.8 Å². The third kappa shape index (κ3) is 3.54. The fourth-order valence-corrected chi connectivity index (χ4v) is 2.59. The average Bonchev–Trinajstić information content (AvgIpc) is 3.03. The third-order valence-electron chi connectivity index (χ3n) is 3.71. The summed E-state index contributed by atoms with van der Waals surface area (Å²) in [6.07, 6.45) is 3.43. The molecule has 1 N–H and O–H groups in total. The van der Waals surface area contributed by atoms with Gasteiger partial charge in [-0.1, -0.05) is 19.0 Å². The van der Waals surface area contributed by atoms with Crippen molar-refractivity contribution in [2.24, 2.45) is 5.92 Å². The molecule has 0 unspecified atom stereocenters. The number of ether oxygens (including phenoxy) is 1. The summed E-state index contributed by atoms with van der Waals surface area (Å²) in [5.41, 5.74) is 0.930. The van der Waals surface area contributed by atoms with E-state index < -0.39 is 0 Å². The number of furan rings is 1. The van der Waals surface area contributed by atoms with Gasteiger partial charge < -0.3 is 13.7 Å². The highest BCUT2D eigenvalue weighted by Gasteiger charge is 2.39. The van der Waals surface area contributed by atoms with Gasteiger partial charge in [0.2, 0.25) is 0 Å². The predicted molar refractivity (Wildman–Crippen MR) is 77.8 cm³/mol. The van der Waals surface area contributed by atoms with Gasteiger partial charge >= 0.3 is 0 Å². The maximum atomic E-state index is 5.40. The van der Waals surface area contributed by atoms with Crippen molar-refractivity contribution in [1.29, 1.82) is 0 Å². The Bertz CT molecular complexity index is 556. The van der Waals surface area contributed by atoms with Gasteiger partial charge in [0.05, 0.1) is 37.3 Å². The Hall–Kier alpha value is -1.59. The molecule has 2 aromatic rings. The smallest absolute Gasteiger partial charge is 0.137 e. The average molecular weight is 290 g/mol. The summed E-state index contributed by atoms with van der Waals surface area (Å²) in [6.45, 7) is 6.44.